The first-order valence-corrected chi connectivity index (χ1v) is 5.68. The molecule has 2 fully saturated rings. The van der Waals surface area contributed by atoms with E-state index >= 15 is 0 Å². The zero-order valence-electron chi connectivity index (χ0n) is 7.45. The van der Waals surface area contributed by atoms with Crippen LogP contribution in [0.5, 0.6) is 0 Å². The van der Waals surface area contributed by atoms with Crippen LogP contribution in [0.1, 0.15) is 19.3 Å². The highest BCUT2D eigenvalue weighted by Crippen LogP contribution is 2.48. The van der Waals surface area contributed by atoms with Crippen molar-refractivity contribution in [2.75, 3.05) is 18.2 Å². The minimum absolute atomic E-state index is 0.170. The predicted octanol–water partition coefficient (Wildman–Crippen LogP) is 1.21. The molecular weight excluding hydrogens is 184 g/mol. The molecule has 2 rings (SSSR count). The quantitative estimate of drug-likeness (QED) is 0.667. The molecule has 1 heterocycles. The Kier molecular flexibility index (Phi) is 2.20. The summed E-state index contributed by atoms with van der Waals surface area (Å²) in [5.41, 5.74) is -0.273. The van der Waals surface area contributed by atoms with Crippen LogP contribution >= 0.6 is 11.8 Å². The van der Waals surface area contributed by atoms with Crippen LogP contribution in [-0.2, 0) is 4.79 Å². The van der Waals surface area contributed by atoms with Gasteiger partial charge < -0.3 is 4.90 Å². The molecular formula is C9H12N2OS. The van der Waals surface area contributed by atoms with Crippen molar-refractivity contribution in [3.8, 4) is 6.07 Å². The Morgan fingerprint density at radius 1 is 1.62 bits per heavy atom. The van der Waals surface area contributed by atoms with Crippen LogP contribution in [0.3, 0.4) is 0 Å². The van der Waals surface area contributed by atoms with Gasteiger partial charge in [-0.3, -0.25) is 4.79 Å². The Hall–Kier alpha value is -0.690. The van der Waals surface area contributed by atoms with Crippen LogP contribution in [-0.4, -0.2) is 29.0 Å². The maximum absolute atomic E-state index is 11.6. The summed E-state index contributed by atoms with van der Waals surface area (Å²) in [7, 11) is 0. The largest absolute Gasteiger partial charge is 0.333 e. The molecule has 0 bridgehead atoms. The Balaban J connectivity index is 1.88. The van der Waals surface area contributed by atoms with Crippen molar-refractivity contribution in [2.45, 2.75) is 19.3 Å². The van der Waals surface area contributed by atoms with Crippen LogP contribution in [0.25, 0.3) is 0 Å². The summed E-state index contributed by atoms with van der Waals surface area (Å²) in [5.74, 6) is 2.04. The number of hydrogen-bond donors (Lipinski definition) is 0. The molecule has 0 aromatic rings. The van der Waals surface area contributed by atoms with Gasteiger partial charge in [0.05, 0.1) is 17.4 Å². The lowest BCUT2D eigenvalue weighted by atomic mass is 10.0. The van der Waals surface area contributed by atoms with Crippen molar-refractivity contribution >= 4 is 17.7 Å². The third-order valence-electron chi connectivity index (χ3n) is 2.69. The van der Waals surface area contributed by atoms with Gasteiger partial charge in [-0.05, 0) is 12.8 Å². The lowest BCUT2D eigenvalue weighted by molar-refractivity contribution is -0.130. The first kappa shape index (κ1) is 8.89. The van der Waals surface area contributed by atoms with E-state index in [1.54, 1.807) is 11.8 Å². The van der Waals surface area contributed by atoms with Gasteiger partial charge in [-0.2, -0.15) is 5.26 Å². The third-order valence-corrected chi connectivity index (χ3v) is 3.65. The van der Waals surface area contributed by atoms with Crippen molar-refractivity contribution in [1.82, 2.24) is 4.90 Å². The zero-order chi connectivity index (χ0) is 9.31. The Bertz CT molecular complexity index is 261. The highest BCUT2D eigenvalue weighted by Gasteiger charge is 2.45. The van der Waals surface area contributed by atoms with Gasteiger partial charge in [0.15, 0.2) is 0 Å². The van der Waals surface area contributed by atoms with Gasteiger partial charge in [0.25, 0.3) is 0 Å². The topological polar surface area (TPSA) is 44.1 Å². The van der Waals surface area contributed by atoms with E-state index in [1.165, 1.54) is 0 Å². The molecule has 13 heavy (non-hydrogen) atoms. The monoisotopic (exact) mass is 196 g/mol. The predicted molar refractivity (Wildman–Crippen MR) is 50.9 cm³/mol. The fourth-order valence-corrected chi connectivity index (χ4v) is 2.46. The van der Waals surface area contributed by atoms with E-state index in [0.717, 1.165) is 31.0 Å². The van der Waals surface area contributed by atoms with Gasteiger partial charge in [-0.15, -0.1) is 11.8 Å². The van der Waals surface area contributed by atoms with Gasteiger partial charge in [-0.1, -0.05) is 0 Å². The second kappa shape index (κ2) is 3.22. The van der Waals surface area contributed by atoms with Gasteiger partial charge in [-0.25, -0.2) is 0 Å². The van der Waals surface area contributed by atoms with Crippen LogP contribution < -0.4 is 0 Å². The van der Waals surface area contributed by atoms with Crippen molar-refractivity contribution in [3.05, 3.63) is 0 Å². The molecule has 4 heteroatoms. The number of nitrogens with zero attached hydrogens (tertiary/aromatic N) is 2. The zero-order valence-corrected chi connectivity index (χ0v) is 8.27. The second-order valence-corrected chi connectivity index (χ2v) is 4.84. The van der Waals surface area contributed by atoms with Gasteiger partial charge in [0.2, 0.25) is 5.91 Å². The highest BCUT2D eigenvalue weighted by molar-refractivity contribution is 7.99. The number of hydrogen-bond acceptors (Lipinski definition) is 3. The molecule has 1 saturated carbocycles. The standard InChI is InChI=1S/C9H12N2OS/c10-6-9(1-2-9)5-8(12)11-3-4-13-7-11/h1-5,7H2. The fraction of sp³-hybridized carbons (Fsp3) is 0.778. The maximum atomic E-state index is 11.6. The lowest BCUT2D eigenvalue weighted by Crippen LogP contribution is -2.29. The van der Waals surface area contributed by atoms with E-state index in [4.69, 9.17) is 5.26 Å². The second-order valence-electron chi connectivity index (χ2n) is 3.76. The van der Waals surface area contributed by atoms with E-state index in [9.17, 15) is 4.79 Å². The number of thioether (sulfide) groups is 1. The third kappa shape index (κ3) is 1.80. The molecule has 1 aliphatic heterocycles. The number of carbonyl (C=O) groups is 1. The average Bonchev–Trinajstić information content (AvgIpc) is 2.69. The Morgan fingerprint density at radius 3 is 2.85 bits per heavy atom. The molecule has 2 aliphatic rings. The smallest absolute Gasteiger partial charge is 0.224 e. The molecule has 3 nitrogen and oxygen atoms in total. The Morgan fingerprint density at radius 2 is 2.38 bits per heavy atom. The fourth-order valence-electron chi connectivity index (χ4n) is 1.49. The molecule has 70 valence electrons. The van der Waals surface area contributed by atoms with Crippen LogP contribution in [0.15, 0.2) is 0 Å². The molecule has 1 saturated heterocycles. The van der Waals surface area contributed by atoms with Crippen molar-refractivity contribution in [3.63, 3.8) is 0 Å². The van der Waals surface area contributed by atoms with E-state index in [1.807, 2.05) is 4.90 Å². The van der Waals surface area contributed by atoms with Crippen molar-refractivity contribution in [2.24, 2.45) is 5.41 Å². The van der Waals surface area contributed by atoms with E-state index in [2.05, 4.69) is 6.07 Å². The van der Waals surface area contributed by atoms with Crippen LogP contribution in [0, 0.1) is 16.7 Å². The molecule has 1 amide bonds. The molecule has 0 aromatic heterocycles. The summed E-state index contributed by atoms with van der Waals surface area (Å²) >= 11 is 1.79. The number of rotatable bonds is 2. The van der Waals surface area contributed by atoms with E-state index in [-0.39, 0.29) is 11.3 Å². The highest BCUT2D eigenvalue weighted by atomic mass is 32.2. The maximum Gasteiger partial charge on any atom is 0.224 e. The summed E-state index contributed by atoms with van der Waals surface area (Å²) in [6.45, 7) is 0.866. The summed E-state index contributed by atoms with van der Waals surface area (Å²) in [6, 6.07) is 2.25. The van der Waals surface area contributed by atoms with E-state index in [0.29, 0.717) is 6.42 Å². The first-order chi connectivity index (χ1) is 6.26. The normalized spacial score (nSPS) is 24.1. The molecule has 0 radical (unpaired) electrons. The number of nitriles is 1. The van der Waals surface area contributed by atoms with E-state index < -0.39 is 0 Å². The SMILES string of the molecule is N#CC1(CC(=O)N2CCSC2)CC1. The molecule has 0 N–H and O–H groups in total. The average molecular weight is 196 g/mol. The van der Waals surface area contributed by atoms with Gasteiger partial charge in [0, 0.05) is 18.7 Å². The molecule has 0 aromatic carbocycles. The van der Waals surface area contributed by atoms with Crippen molar-refractivity contribution in [1.29, 1.82) is 5.26 Å². The van der Waals surface area contributed by atoms with Gasteiger partial charge >= 0.3 is 0 Å². The minimum atomic E-state index is -0.273. The first-order valence-electron chi connectivity index (χ1n) is 4.53. The molecule has 0 unspecified atom stereocenters. The molecule has 0 spiro atoms. The molecule has 0 atom stereocenters. The van der Waals surface area contributed by atoms with Gasteiger partial charge in [0.1, 0.15) is 0 Å². The molecule has 1 aliphatic carbocycles. The minimum Gasteiger partial charge on any atom is -0.333 e. The Labute approximate surface area is 82.1 Å². The summed E-state index contributed by atoms with van der Waals surface area (Å²) in [6.07, 6.45) is 2.27. The number of amides is 1. The number of carbonyl (C=O) groups excluding carboxylic acids is 1. The summed E-state index contributed by atoms with van der Waals surface area (Å²) < 4.78 is 0. The van der Waals surface area contributed by atoms with Crippen LogP contribution in [0.4, 0.5) is 0 Å². The van der Waals surface area contributed by atoms with Crippen molar-refractivity contribution < 1.29 is 4.79 Å². The summed E-state index contributed by atoms with van der Waals surface area (Å²) in [5, 5.41) is 8.82. The summed E-state index contributed by atoms with van der Waals surface area (Å²) in [4.78, 5) is 13.5. The lowest BCUT2D eigenvalue weighted by Gasteiger charge is -2.15. The van der Waals surface area contributed by atoms with Crippen LogP contribution in [0.2, 0.25) is 0 Å².